The highest BCUT2D eigenvalue weighted by atomic mass is 35.5. The van der Waals surface area contributed by atoms with Crippen LogP contribution in [0.5, 0.6) is 5.75 Å². The van der Waals surface area contributed by atoms with Crippen LogP contribution in [0.4, 0.5) is 8.78 Å². The highest BCUT2D eigenvalue weighted by Crippen LogP contribution is 2.24. The summed E-state index contributed by atoms with van der Waals surface area (Å²) < 4.78 is 28.9. The van der Waals surface area contributed by atoms with Gasteiger partial charge >= 0.3 is 6.61 Å². The van der Waals surface area contributed by atoms with E-state index in [2.05, 4.69) is 15.4 Å². The number of alkyl halides is 2. The molecule has 0 aliphatic rings. The lowest BCUT2D eigenvalue weighted by atomic mass is 10.2. The van der Waals surface area contributed by atoms with Crippen molar-refractivity contribution in [3.63, 3.8) is 0 Å². The maximum Gasteiger partial charge on any atom is 0.387 e. The summed E-state index contributed by atoms with van der Waals surface area (Å²) in [6.45, 7) is 1.99. The minimum absolute atomic E-state index is 0.0125. The Morgan fingerprint density at radius 2 is 2.15 bits per heavy atom. The third kappa shape index (κ3) is 5.30. The van der Waals surface area contributed by atoms with E-state index in [4.69, 9.17) is 11.6 Å². The van der Waals surface area contributed by atoms with E-state index in [-0.39, 0.29) is 22.4 Å². The smallest absolute Gasteiger partial charge is 0.387 e. The summed E-state index contributed by atoms with van der Waals surface area (Å²) in [6.07, 6.45) is 0. The van der Waals surface area contributed by atoms with E-state index in [1.807, 2.05) is 13.8 Å². The van der Waals surface area contributed by atoms with Crippen molar-refractivity contribution in [1.82, 2.24) is 10.6 Å². The molecule has 0 aliphatic heterocycles. The van der Waals surface area contributed by atoms with E-state index in [0.717, 1.165) is 6.54 Å². The first kappa shape index (κ1) is 16.7. The molecule has 112 valence electrons. The van der Waals surface area contributed by atoms with Gasteiger partial charge < -0.3 is 15.4 Å². The van der Waals surface area contributed by atoms with E-state index < -0.39 is 12.5 Å². The fourth-order valence-electron chi connectivity index (χ4n) is 1.64. The molecule has 2 N–H and O–H groups in total. The van der Waals surface area contributed by atoms with Crippen LogP contribution in [0.2, 0.25) is 5.02 Å². The third-order valence-corrected chi connectivity index (χ3v) is 2.76. The standard InChI is InChI=1S/C13H17ClF2N2O2/c1-3-17-8(2)7-18-12(19)10-6-9(14)4-5-11(10)20-13(15)16/h4-6,8,13,17H,3,7H2,1-2H3,(H,18,19)/t8-/m1/s1. The molecule has 4 nitrogen and oxygen atoms in total. The van der Waals surface area contributed by atoms with Crippen molar-refractivity contribution in [1.29, 1.82) is 0 Å². The number of amides is 1. The van der Waals surface area contributed by atoms with Gasteiger partial charge in [-0.25, -0.2) is 0 Å². The number of nitrogens with one attached hydrogen (secondary N) is 2. The number of rotatable bonds is 7. The van der Waals surface area contributed by atoms with Crippen LogP contribution in [0.1, 0.15) is 24.2 Å². The Bertz CT molecular complexity index is 458. The van der Waals surface area contributed by atoms with Gasteiger partial charge in [-0.1, -0.05) is 18.5 Å². The molecule has 1 aromatic rings. The molecule has 1 aromatic carbocycles. The molecule has 0 fully saturated rings. The average Bonchev–Trinajstić information content (AvgIpc) is 2.38. The molecule has 1 atom stereocenters. The van der Waals surface area contributed by atoms with Gasteiger partial charge in [0, 0.05) is 17.6 Å². The summed E-state index contributed by atoms with van der Waals surface area (Å²) in [6, 6.07) is 4.00. The van der Waals surface area contributed by atoms with Crippen LogP contribution in [0.15, 0.2) is 18.2 Å². The van der Waals surface area contributed by atoms with Crippen molar-refractivity contribution in [2.24, 2.45) is 0 Å². The Morgan fingerprint density at radius 3 is 2.75 bits per heavy atom. The monoisotopic (exact) mass is 306 g/mol. The Balaban J connectivity index is 2.77. The summed E-state index contributed by atoms with van der Waals surface area (Å²) in [4.78, 5) is 12.0. The average molecular weight is 307 g/mol. The van der Waals surface area contributed by atoms with Gasteiger partial charge in [0.15, 0.2) is 0 Å². The Morgan fingerprint density at radius 1 is 1.45 bits per heavy atom. The second kappa shape index (κ2) is 8.01. The van der Waals surface area contributed by atoms with Crippen molar-refractivity contribution in [2.45, 2.75) is 26.5 Å². The van der Waals surface area contributed by atoms with E-state index in [1.54, 1.807) is 0 Å². The molecule has 1 rings (SSSR count). The lowest BCUT2D eigenvalue weighted by Crippen LogP contribution is -2.38. The number of likely N-dealkylation sites (N-methyl/N-ethyl adjacent to an activating group) is 1. The van der Waals surface area contributed by atoms with Gasteiger partial charge in [0.2, 0.25) is 0 Å². The molecule has 0 spiro atoms. The molecule has 0 saturated carbocycles. The lowest BCUT2D eigenvalue weighted by Gasteiger charge is -2.15. The van der Waals surface area contributed by atoms with Crippen molar-refractivity contribution < 1.29 is 18.3 Å². The molecular weight excluding hydrogens is 290 g/mol. The van der Waals surface area contributed by atoms with Gasteiger partial charge in [-0.3, -0.25) is 4.79 Å². The molecule has 0 aliphatic carbocycles. The van der Waals surface area contributed by atoms with Crippen LogP contribution >= 0.6 is 11.6 Å². The van der Waals surface area contributed by atoms with Crippen LogP contribution in [-0.2, 0) is 0 Å². The number of carbonyl (C=O) groups excluding carboxylic acids is 1. The Hall–Kier alpha value is -1.40. The number of halogens is 3. The maximum absolute atomic E-state index is 12.3. The first-order chi connectivity index (χ1) is 9.43. The number of hydrogen-bond acceptors (Lipinski definition) is 3. The van der Waals surface area contributed by atoms with E-state index in [1.165, 1.54) is 18.2 Å². The zero-order valence-corrected chi connectivity index (χ0v) is 12.0. The minimum Gasteiger partial charge on any atom is -0.434 e. The van der Waals surface area contributed by atoms with Crippen LogP contribution in [0.3, 0.4) is 0 Å². The first-order valence-electron chi connectivity index (χ1n) is 6.20. The summed E-state index contributed by atoms with van der Waals surface area (Å²) in [5.74, 6) is -0.703. The van der Waals surface area contributed by atoms with Crippen molar-refractivity contribution in [2.75, 3.05) is 13.1 Å². The second-order valence-electron chi connectivity index (χ2n) is 4.19. The molecular formula is C13H17ClF2N2O2. The predicted molar refractivity (Wildman–Crippen MR) is 73.6 cm³/mol. The van der Waals surface area contributed by atoms with Gasteiger partial charge in [0.25, 0.3) is 5.91 Å². The normalized spacial score (nSPS) is 12.3. The fraction of sp³-hybridized carbons (Fsp3) is 0.462. The number of carbonyl (C=O) groups is 1. The van der Waals surface area contributed by atoms with Gasteiger partial charge in [-0.05, 0) is 31.7 Å². The maximum atomic E-state index is 12.3. The second-order valence-corrected chi connectivity index (χ2v) is 4.62. The summed E-state index contributed by atoms with van der Waals surface area (Å²) in [5.41, 5.74) is -0.0125. The zero-order valence-electron chi connectivity index (χ0n) is 11.3. The van der Waals surface area contributed by atoms with Crippen molar-refractivity contribution in [3.8, 4) is 5.75 Å². The largest absolute Gasteiger partial charge is 0.434 e. The SMILES string of the molecule is CCN[C@H](C)CNC(=O)c1cc(Cl)ccc1OC(F)F. The molecule has 0 bridgehead atoms. The molecule has 0 saturated heterocycles. The molecule has 0 radical (unpaired) electrons. The quantitative estimate of drug-likeness (QED) is 0.814. The molecule has 0 heterocycles. The summed E-state index contributed by atoms with van der Waals surface area (Å²) in [7, 11) is 0. The zero-order chi connectivity index (χ0) is 15.1. The van der Waals surface area contributed by atoms with E-state index in [0.29, 0.717) is 6.54 Å². The van der Waals surface area contributed by atoms with Crippen LogP contribution < -0.4 is 15.4 Å². The van der Waals surface area contributed by atoms with Gasteiger partial charge in [0.1, 0.15) is 5.75 Å². The predicted octanol–water partition coefficient (Wildman–Crippen LogP) is 2.67. The highest BCUT2D eigenvalue weighted by Gasteiger charge is 2.16. The summed E-state index contributed by atoms with van der Waals surface area (Å²) >= 11 is 5.77. The summed E-state index contributed by atoms with van der Waals surface area (Å²) in [5, 5.41) is 6.03. The van der Waals surface area contributed by atoms with Gasteiger partial charge in [-0.15, -0.1) is 0 Å². The Labute approximate surface area is 121 Å². The van der Waals surface area contributed by atoms with Crippen LogP contribution in [-0.4, -0.2) is 31.7 Å². The number of hydrogen-bond donors (Lipinski definition) is 2. The van der Waals surface area contributed by atoms with Crippen LogP contribution in [0.25, 0.3) is 0 Å². The fourth-order valence-corrected chi connectivity index (χ4v) is 1.81. The van der Waals surface area contributed by atoms with Crippen LogP contribution in [0, 0.1) is 0 Å². The third-order valence-electron chi connectivity index (χ3n) is 2.52. The van der Waals surface area contributed by atoms with Gasteiger partial charge in [0.05, 0.1) is 5.56 Å². The Kier molecular flexibility index (Phi) is 6.67. The molecule has 0 aromatic heterocycles. The topological polar surface area (TPSA) is 50.4 Å². The molecule has 1 amide bonds. The molecule has 0 unspecified atom stereocenters. The number of ether oxygens (including phenoxy) is 1. The molecule has 7 heteroatoms. The highest BCUT2D eigenvalue weighted by molar-refractivity contribution is 6.31. The number of benzene rings is 1. The van der Waals surface area contributed by atoms with E-state index in [9.17, 15) is 13.6 Å². The van der Waals surface area contributed by atoms with Crippen molar-refractivity contribution in [3.05, 3.63) is 28.8 Å². The minimum atomic E-state index is -3.00. The first-order valence-corrected chi connectivity index (χ1v) is 6.57. The van der Waals surface area contributed by atoms with Crippen molar-refractivity contribution >= 4 is 17.5 Å². The molecule has 20 heavy (non-hydrogen) atoms. The van der Waals surface area contributed by atoms with E-state index >= 15 is 0 Å². The lowest BCUT2D eigenvalue weighted by molar-refractivity contribution is -0.0501. The van der Waals surface area contributed by atoms with Gasteiger partial charge in [-0.2, -0.15) is 8.78 Å².